The van der Waals surface area contributed by atoms with Crippen molar-refractivity contribution in [3.05, 3.63) is 60.6 Å². The predicted molar refractivity (Wildman–Crippen MR) is 141 cm³/mol. The van der Waals surface area contributed by atoms with E-state index >= 15 is 0 Å². The summed E-state index contributed by atoms with van der Waals surface area (Å²) in [7, 11) is -3.98. The number of alkyl carbamates (subject to hydrolysis) is 1. The smallest absolute Gasteiger partial charge is 0.407 e. The predicted octanol–water partition coefficient (Wildman–Crippen LogP) is 4.56. The summed E-state index contributed by atoms with van der Waals surface area (Å²) < 4.78 is 38.3. The molecule has 1 aromatic heterocycles. The molecule has 0 aliphatic carbocycles. The number of anilines is 2. The van der Waals surface area contributed by atoms with Crippen molar-refractivity contribution in [2.45, 2.75) is 26.0 Å². The first kappa shape index (κ1) is 28.1. The number of ether oxygens (including phenoxy) is 3. The lowest BCUT2D eigenvalue weighted by Crippen LogP contribution is -2.28. The third-order valence-electron chi connectivity index (χ3n) is 5.43. The van der Waals surface area contributed by atoms with Gasteiger partial charge in [0.15, 0.2) is 18.5 Å². The summed E-state index contributed by atoms with van der Waals surface area (Å²) in [5, 5.41) is 8.10. The number of hydrogen-bond acceptors (Lipinski definition) is 9. The molecular formula is C25H29N4O9P. The molecule has 14 heteroatoms. The van der Waals surface area contributed by atoms with E-state index in [9.17, 15) is 19.0 Å². The highest BCUT2D eigenvalue weighted by atomic mass is 31.2. The summed E-state index contributed by atoms with van der Waals surface area (Å²) in [5.41, 5.74) is 2.07. The Morgan fingerprint density at radius 3 is 2.72 bits per heavy atom. The van der Waals surface area contributed by atoms with Crippen LogP contribution in [0.25, 0.3) is 11.3 Å². The standard InChI is InChI=1S/C25H29N4O9P/c1-2-37-39(32,33)16-36-22-11-19(6-7-21(22)23-13-26-15-35-23)29-24(30)28-18-5-3-4-17(10-18)12-27-25(31)38-20-8-9-34-14-20/h3-7,10-11,13,15,20H,2,8-9,12,14,16H2,1H3,(H,27,31)(H,32,33)(H2,28,29,30)/t20-/m0/s1. The number of urea groups is 1. The molecule has 4 N–H and O–H groups in total. The van der Waals surface area contributed by atoms with E-state index < -0.39 is 26.1 Å². The minimum absolute atomic E-state index is 0.0467. The summed E-state index contributed by atoms with van der Waals surface area (Å²) in [5.74, 6) is 0.554. The lowest BCUT2D eigenvalue weighted by atomic mass is 10.1. The Kier molecular flexibility index (Phi) is 9.55. The maximum Gasteiger partial charge on any atom is 0.407 e. The summed E-state index contributed by atoms with van der Waals surface area (Å²) in [4.78, 5) is 38.4. The van der Waals surface area contributed by atoms with E-state index in [1.807, 2.05) is 0 Å². The molecule has 0 bridgehead atoms. The molecule has 13 nitrogen and oxygen atoms in total. The molecule has 1 fully saturated rings. The van der Waals surface area contributed by atoms with Gasteiger partial charge in [-0.15, -0.1) is 0 Å². The Morgan fingerprint density at radius 2 is 2.00 bits per heavy atom. The zero-order valence-electron chi connectivity index (χ0n) is 21.1. The average molecular weight is 561 g/mol. The largest absolute Gasteiger partial charge is 0.480 e. The van der Waals surface area contributed by atoms with E-state index in [2.05, 4.69) is 20.9 Å². The molecule has 1 aliphatic heterocycles. The number of oxazole rings is 1. The number of nitrogens with zero attached hydrogens (tertiary/aromatic N) is 1. The Morgan fingerprint density at radius 1 is 1.18 bits per heavy atom. The molecule has 2 heterocycles. The Bertz CT molecular complexity index is 1310. The van der Waals surface area contributed by atoms with E-state index in [0.29, 0.717) is 42.3 Å². The van der Waals surface area contributed by atoms with Crippen molar-refractivity contribution >= 4 is 31.1 Å². The van der Waals surface area contributed by atoms with Crippen molar-refractivity contribution in [1.29, 1.82) is 0 Å². The summed E-state index contributed by atoms with van der Waals surface area (Å²) in [6.07, 6.45) is 2.01. The van der Waals surface area contributed by atoms with Gasteiger partial charge in [0.05, 0.1) is 31.6 Å². The molecule has 1 saturated heterocycles. The van der Waals surface area contributed by atoms with E-state index in [0.717, 1.165) is 5.56 Å². The maximum absolute atomic E-state index is 12.7. The first-order valence-corrected chi connectivity index (χ1v) is 13.9. The number of amides is 3. The van der Waals surface area contributed by atoms with Crippen molar-refractivity contribution in [1.82, 2.24) is 10.3 Å². The van der Waals surface area contributed by atoms with Gasteiger partial charge in [-0.1, -0.05) is 12.1 Å². The van der Waals surface area contributed by atoms with E-state index in [1.54, 1.807) is 43.3 Å². The van der Waals surface area contributed by atoms with Crippen LogP contribution < -0.4 is 20.7 Å². The van der Waals surface area contributed by atoms with Gasteiger partial charge in [0, 0.05) is 30.4 Å². The Hall–Kier alpha value is -3.90. The van der Waals surface area contributed by atoms with Gasteiger partial charge >= 0.3 is 19.7 Å². The van der Waals surface area contributed by atoms with Crippen LogP contribution in [-0.2, 0) is 25.1 Å². The molecule has 208 valence electrons. The zero-order chi connectivity index (χ0) is 27.7. The molecule has 2 atom stereocenters. The van der Waals surface area contributed by atoms with E-state index in [1.165, 1.54) is 18.7 Å². The number of hydrogen-bond donors (Lipinski definition) is 4. The molecule has 4 rings (SSSR count). The van der Waals surface area contributed by atoms with Crippen molar-refractivity contribution in [2.24, 2.45) is 0 Å². The fourth-order valence-corrected chi connectivity index (χ4v) is 4.47. The number of carbonyl (C=O) groups is 2. The maximum atomic E-state index is 12.7. The minimum Gasteiger partial charge on any atom is -0.480 e. The van der Waals surface area contributed by atoms with Gasteiger partial charge in [-0.25, -0.2) is 14.6 Å². The second-order valence-corrected chi connectivity index (χ2v) is 10.2. The fraction of sp³-hybridized carbons (Fsp3) is 0.320. The van der Waals surface area contributed by atoms with Crippen molar-refractivity contribution in [3.63, 3.8) is 0 Å². The molecule has 0 radical (unpaired) electrons. The highest BCUT2D eigenvalue weighted by Crippen LogP contribution is 2.43. The number of carbonyl (C=O) groups excluding carboxylic acids is 2. The molecule has 3 amide bonds. The number of aromatic nitrogens is 1. The molecule has 0 saturated carbocycles. The van der Waals surface area contributed by atoms with Crippen LogP contribution in [0.15, 0.2) is 59.5 Å². The number of benzene rings is 2. The van der Waals surface area contributed by atoms with Gasteiger partial charge < -0.3 is 44.0 Å². The molecule has 0 spiro atoms. The first-order valence-electron chi connectivity index (χ1n) is 12.1. The summed E-state index contributed by atoms with van der Waals surface area (Å²) in [6, 6.07) is 11.1. The highest BCUT2D eigenvalue weighted by molar-refractivity contribution is 7.52. The molecule has 1 unspecified atom stereocenters. The Balaban J connectivity index is 1.37. The third kappa shape index (κ3) is 8.55. The normalized spacial score (nSPS) is 16.2. The van der Waals surface area contributed by atoms with Crippen molar-refractivity contribution in [3.8, 4) is 17.1 Å². The van der Waals surface area contributed by atoms with Crippen LogP contribution in [0.3, 0.4) is 0 Å². The van der Waals surface area contributed by atoms with Crippen LogP contribution >= 0.6 is 7.60 Å². The van der Waals surface area contributed by atoms with Crippen LogP contribution in [0.2, 0.25) is 0 Å². The topological polar surface area (TPSA) is 170 Å². The van der Waals surface area contributed by atoms with E-state index in [4.69, 9.17) is 23.2 Å². The lowest BCUT2D eigenvalue weighted by Gasteiger charge is -2.15. The Labute approximate surface area is 224 Å². The average Bonchev–Trinajstić information content (AvgIpc) is 3.61. The summed E-state index contributed by atoms with van der Waals surface area (Å²) >= 11 is 0. The first-order chi connectivity index (χ1) is 18.8. The van der Waals surface area contributed by atoms with Crippen LogP contribution in [0.1, 0.15) is 18.9 Å². The molecule has 39 heavy (non-hydrogen) atoms. The van der Waals surface area contributed by atoms with Gasteiger partial charge in [-0.2, -0.15) is 0 Å². The van der Waals surface area contributed by atoms with Gasteiger partial charge in [0.1, 0.15) is 11.9 Å². The molecule has 1 aliphatic rings. The fourth-order valence-electron chi connectivity index (χ4n) is 3.69. The summed E-state index contributed by atoms with van der Waals surface area (Å²) in [6.45, 7) is 2.83. The van der Waals surface area contributed by atoms with Crippen LogP contribution in [-0.4, -0.2) is 54.3 Å². The monoisotopic (exact) mass is 560 g/mol. The zero-order valence-corrected chi connectivity index (χ0v) is 22.0. The van der Waals surface area contributed by atoms with E-state index in [-0.39, 0.29) is 25.0 Å². The quantitative estimate of drug-likeness (QED) is 0.244. The third-order valence-corrected chi connectivity index (χ3v) is 6.55. The molecule has 2 aromatic carbocycles. The van der Waals surface area contributed by atoms with Gasteiger partial charge in [0.25, 0.3) is 0 Å². The molecular weight excluding hydrogens is 531 g/mol. The second kappa shape index (κ2) is 13.3. The van der Waals surface area contributed by atoms with Crippen molar-refractivity contribution < 1.29 is 42.2 Å². The van der Waals surface area contributed by atoms with Crippen molar-refractivity contribution in [2.75, 3.05) is 36.8 Å². The molecule has 3 aromatic rings. The van der Waals surface area contributed by atoms with Gasteiger partial charge in [0.2, 0.25) is 0 Å². The number of nitrogens with one attached hydrogen (secondary N) is 3. The van der Waals surface area contributed by atoms with Crippen LogP contribution in [0.4, 0.5) is 21.0 Å². The van der Waals surface area contributed by atoms with Gasteiger partial charge in [-0.05, 0) is 36.8 Å². The minimum atomic E-state index is -3.98. The lowest BCUT2D eigenvalue weighted by molar-refractivity contribution is 0.0828. The van der Waals surface area contributed by atoms with Crippen LogP contribution in [0, 0.1) is 0 Å². The second-order valence-electron chi connectivity index (χ2n) is 8.43. The number of rotatable bonds is 11. The SMILES string of the molecule is CCOP(=O)(O)COc1cc(NC(=O)Nc2cccc(CNC(=O)O[C@H]3CCOC3)c2)ccc1-c1cnco1. The highest BCUT2D eigenvalue weighted by Gasteiger charge is 2.22. The van der Waals surface area contributed by atoms with Gasteiger partial charge in [-0.3, -0.25) is 4.57 Å². The van der Waals surface area contributed by atoms with Crippen LogP contribution in [0.5, 0.6) is 5.75 Å².